The predicted octanol–water partition coefficient (Wildman–Crippen LogP) is 5.11. The van der Waals surface area contributed by atoms with Crippen molar-refractivity contribution in [3.8, 4) is 0 Å². The van der Waals surface area contributed by atoms with Crippen LogP contribution in [0.25, 0.3) is 0 Å². The van der Waals surface area contributed by atoms with Crippen LogP contribution in [0.4, 0.5) is 0 Å². The van der Waals surface area contributed by atoms with Gasteiger partial charge in [0.1, 0.15) is 0 Å². The molecule has 0 amide bonds. The topological polar surface area (TPSA) is 57.5 Å². The van der Waals surface area contributed by atoms with Crippen LogP contribution < -0.4 is 0 Å². The van der Waals surface area contributed by atoms with E-state index >= 15 is 0 Å². The average molecular weight is 355 g/mol. The Morgan fingerprint density at radius 3 is 2.50 bits per heavy atom. The Hall–Kier alpha value is -1.00. The Labute approximate surface area is 151 Å². The molecule has 1 aromatic carbocycles. The molecule has 0 fully saturated rings. The van der Waals surface area contributed by atoms with Crippen molar-refractivity contribution in [2.45, 2.75) is 59.8 Å². The largest absolute Gasteiger partial charge is 0.481 e. The lowest BCUT2D eigenvalue weighted by Crippen LogP contribution is -2.17. The Kier molecular flexibility index (Phi) is 11.9. The monoisotopic (exact) mass is 354 g/mol. The number of benzene rings is 1. The van der Waals surface area contributed by atoms with E-state index in [-0.39, 0.29) is 12.0 Å². The number of aryl methyl sites for hydroxylation is 1. The number of thioether (sulfide) groups is 1. The second kappa shape index (κ2) is 12.4. The van der Waals surface area contributed by atoms with Crippen LogP contribution in [0.5, 0.6) is 0 Å². The Balaban J connectivity index is 0.00000254. The summed E-state index contributed by atoms with van der Waals surface area (Å²) in [6.45, 7) is 10.6. The van der Waals surface area contributed by atoms with Gasteiger partial charge < -0.3 is 10.2 Å². The van der Waals surface area contributed by atoms with E-state index in [4.69, 9.17) is 5.11 Å². The summed E-state index contributed by atoms with van der Waals surface area (Å²) in [6.07, 6.45) is 2.57. The second-order valence-electron chi connectivity index (χ2n) is 6.64. The third-order valence-electron chi connectivity index (χ3n) is 3.82. The zero-order chi connectivity index (χ0) is 18.6. The molecule has 0 radical (unpaired) electrons. The minimum Gasteiger partial charge on any atom is -0.481 e. The van der Waals surface area contributed by atoms with Crippen LogP contribution in [0.1, 0.15) is 64.0 Å². The zero-order valence-corrected chi connectivity index (χ0v) is 16.7. The maximum absolute atomic E-state index is 11.5. The number of carboxylic acids is 1. The fraction of sp³-hybridized carbons (Fsp3) is 0.650. The minimum absolute atomic E-state index is 0.176. The van der Waals surface area contributed by atoms with Gasteiger partial charge in [0, 0.05) is 5.75 Å². The highest BCUT2D eigenvalue weighted by molar-refractivity contribution is 7.99. The Bertz CT molecular complexity index is 472. The molecule has 0 aliphatic carbocycles. The number of carbonyl (C=O) groups is 1. The lowest BCUT2D eigenvalue weighted by molar-refractivity contribution is -0.139. The number of hydrogen-bond acceptors (Lipinski definition) is 3. The van der Waals surface area contributed by atoms with Crippen LogP contribution in [-0.2, 0) is 4.79 Å². The van der Waals surface area contributed by atoms with E-state index < -0.39 is 11.9 Å². The molecule has 1 unspecified atom stereocenters. The summed E-state index contributed by atoms with van der Waals surface area (Å²) in [7, 11) is 0. The normalized spacial score (nSPS) is 12.2. The highest BCUT2D eigenvalue weighted by Crippen LogP contribution is 2.31. The fourth-order valence-corrected chi connectivity index (χ4v) is 3.56. The summed E-state index contributed by atoms with van der Waals surface area (Å²) >= 11 is 1.76. The van der Waals surface area contributed by atoms with Crippen LogP contribution in [-0.4, -0.2) is 34.3 Å². The minimum atomic E-state index is -0.738. The Morgan fingerprint density at radius 2 is 1.96 bits per heavy atom. The van der Waals surface area contributed by atoms with E-state index in [1.807, 2.05) is 45.0 Å². The molecule has 0 aliphatic heterocycles. The maximum Gasteiger partial charge on any atom is 0.310 e. The average Bonchev–Trinajstić information content (AvgIpc) is 2.53. The first-order valence-electron chi connectivity index (χ1n) is 8.84. The molecule has 0 saturated heterocycles. The number of carboxylic acid groups (broad SMARTS) is 1. The van der Waals surface area contributed by atoms with Crippen LogP contribution in [0, 0.1) is 12.3 Å². The molecule has 0 aromatic heterocycles. The quantitative estimate of drug-likeness (QED) is 0.573. The highest BCUT2D eigenvalue weighted by atomic mass is 32.2. The predicted molar refractivity (Wildman–Crippen MR) is 105 cm³/mol. The van der Waals surface area contributed by atoms with E-state index in [1.54, 1.807) is 11.8 Å². The van der Waals surface area contributed by atoms with E-state index in [2.05, 4.69) is 13.8 Å². The molecular weight excluding hydrogens is 320 g/mol. The van der Waals surface area contributed by atoms with Crippen LogP contribution in [0.3, 0.4) is 0 Å². The zero-order valence-electron chi connectivity index (χ0n) is 15.8. The summed E-state index contributed by atoms with van der Waals surface area (Å²) < 4.78 is 0. The number of hydrogen-bond donors (Lipinski definition) is 2. The molecule has 2 N–H and O–H groups in total. The molecule has 0 spiro atoms. The molecule has 0 saturated carbocycles. The number of aliphatic carboxylic acids is 1. The van der Waals surface area contributed by atoms with Gasteiger partial charge in [0.15, 0.2) is 0 Å². The summed E-state index contributed by atoms with van der Waals surface area (Å²) in [5.41, 5.74) is 2.18. The maximum atomic E-state index is 11.5. The third-order valence-corrected chi connectivity index (χ3v) is 5.27. The third kappa shape index (κ3) is 9.33. The van der Waals surface area contributed by atoms with E-state index in [0.717, 1.165) is 35.5 Å². The number of aliphatic hydroxyl groups excluding tert-OH is 1. The summed E-state index contributed by atoms with van der Waals surface area (Å²) in [5.74, 6) is 0.610. The first kappa shape index (κ1) is 23.0. The van der Waals surface area contributed by atoms with E-state index in [0.29, 0.717) is 6.42 Å². The lowest BCUT2D eigenvalue weighted by atomic mass is 9.85. The molecule has 1 rings (SSSR count). The molecule has 1 aromatic rings. The van der Waals surface area contributed by atoms with Gasteiger partial charge in [-0.3, -0.25) is 4.79 Å². The van der Waals surface area contributed by atoms with Crippen molar-refractivity contribution in [1.82, 2.24) is 0 Å². The van der Waals surface area contributed by atoms with E-state index in [9.17, 15) is 9.90 Å². The van der Waals surface area contributed by atoms with Crippen molar-refractivity contribution in [3.63, 3.8) is 0 Å². The van der Waals surface area contributed by atoms with Gasteiger partial charge in [-0.15, -0.1) is 0 Å². The van der Waals surface area contributed by atoms with Crippen molar-refractivity contribution < 1.29 is 15.0 Å². The molecule has 1 atom stereocenters. The van der Waals surface area contributed by atoms with Gasteiger partial charge in [-0.25, -0.2) is 0 Å². The Morgan fingerprint density at radius 1 is 1.29 bits per heavy atom. The number of aliphatic hydroxyl groups is 1. The SMILES string of the molecule is CC.Cc1cccc(C(CCCC(C)(C)CSCCO)C(=O)O)c1. The molecule has 3 nitrogen and oxygen atoms in total. The second-order valence-corrected chi connectivity index (χ2v) is 7.74. The molecule has 138 valence electrons. The van der Waals surface area contributed by atoms with Crippen molar-refractivity contribution in [2.24, 2.45) is 5.41 Å². The molecule has 24 heavy (non-hydrogen) atoms. The van der Waals surface area contributed by atoms with Crippen LogP contribution in [0.15, 0.2) is 24.3 Å². The summed E-state index contributed by atoms with van der Waals surface area (Å²) in [6, 6.07) is 7.80. The first-order valence-corrected chi connectivity index (χ1v) is 9.99. The first-order chi connectivity index (χ1) is 11.4. The molecule has 0 bridgehead atoms. The smallest absolute Gasteiger partial charge is 0.310 e. The van der Waals surface area contributed by atoms with Gasteiger partial charge >= 0.3 is 5.97 Å². The standard InChI is InChI=1S/C18H28O3S.C2H6/c1-14-6-4-7-15(12-14)16(17(20)21)8-5-9-18(2,3)13-22-11-10-19;1-2/h4,6-7,12,16,19H,5,8-11,13H2,1-3H3,(H,20,21);1-2H3. The molecule has 0 aliphatic rings. The van der Waals surface area contributed by atoms with Gasteiger partial charge in [-0.1, -0.05) is 63.9 Å². The van der Waals surface area contributed by atoms with Gasteiger partial charge in [-0.2, -0.15) is 11.8 Å². The number of rotatable bonds is 10. The summed E-state index contributed by atoms with van der Waals surface area (Å²) in [4.78, 5) is 11.5. The molecule has 4 heteroatoms. The van der Waals surface area contributed by atoms with Crippen molar-refractivity contribution in [2.75, 3.05) is 18.1 Å². The van der Waals surface area contributed by atoms with Crippen molar-refractivity contribution in [1.29, 1.82) is 0 Å². The van der Waals surface area contributed by atoms with Crippen molar-refractivity contribution >= 4 is 17.7 Å². The molecular formula is C20H34O3S. The molecule has 0 heterocycles. The van der Waals surface area contributed by atoms with Crippen LogP contribution >= 0.6 is 11.8 Å². The van der Waals surface area contributed by atoms with Crippen LogP contribution in [0.2, 0.25) is 0 Å². The van der Waals surface area contributed by atoms with E-state index in [1.165, 1.54) is 0 Å². The van der Waals surface area contributed by atoms with Gasteiger partial charge in [0.25, 0.3) is 0 Å². The van der Waals surface area contributed by atoms with Gasteiger partial charge in [0.05, 0.1) is 12.5 Å². The van der Waals surface area contributed by atoms with Gasteiger partial charge in [0.2, 0.25) is 0 Å². The lowest BCUT2D eigenvalue weighted by Gasteiger charge is -2.25. The summed E-state index contributed by atoms with van der Waals surface area (Å²) in [5, 5.41) is 18.3. The highest BCUT2D eigenvalue weighted by Gasteiger charge is 2.22. The van der Waals surface area contributed by atoms with Crippen molar-refractivity contribution in [3.05, 3.63) is 35.4 Å². The fourth-order valence-electron chi connectivity index (χ4n) is 2.59. The van der Waals surface area contributed by atoms with Gasteiger partial charge in [-0.05, 0) is 36.5 Å².